The van der Waals surface area contributed by atoms with Crippen molar-refractivity contribution in [1.82, 2.24) is 0 Å². The first kappa shape index (κ1) is 10.1. The molecule has 2 rings (SSSR count). The van der Waals surface area contributed by atoms with Crippen molar-refractivity contribution in [3.8, 4) is 0 Å². The number of aryl methyl sites for hydroxylation is 1. The third-order valence-corrected chi connectivity index (χ3v) is 2.74. The number of allylic oxidation sites excluding steroid dienone is 1. The fourth-order valence-electron chi connectivity index (χ4n) is 1.80. The van der Waals surface area contributed by atoms with Gasteiger partial charge in [0, 0.05) is 11.1 Å². The maximum atomic E-state index is 11.9. The van der Waals surface area contributed by atoms with Crippen LogP contribution in [0.1, 0.15) is 28.8 Å². The molecule has 0 radical (unpaired) electrons. The van der Waals surface area contributed by atoms with Crippen LogP contribution in [-0.2, 0) is 0 Å². The second-order valence-electron chi connectivity index (χ2n) is 3.95. The van der Waals surface area contributed by atoms with E-state index >= 15 is 0 Å². The molecule has 0 aromatic heterocycles. The van der Waals surface area contributed by atoms with Gasteiger partial charge in [0.15, 0.2) is 5.78 Å². The number of rotatable bonds is 2. The van der Waals surface area contributed by atoms with Gasteiger partial charge in [0.1, 0.15) is 0 Å². The van der Waals surface area contributed by atoms with Gasteiger partial charge in [-0.15, -0.1) is 0 Å². The predicted molar refractivity (Wildman–Crippen MR) is 58.8 cm³/mol. The highest BCUT2D eigenvalue weighted by atomic mass is 16.3. The van der Waals surface area contributed by atoms with E-state index in [4.69, 9.17) is 0 Å². The van der Waals surface area contributed by atoms with E-state index in [1.165, 1.54) is 0 Å². The molecule has 1 aromatic carbocycles. The number of benzene rings is 1. The topological polar surface area (TPSA) is 37.3 Å². The van der Waals surface area contributed by atoms with E-state index in [0.717, 1.165) is 12.0 Å². The van der Waals surface area contributed by atoms with Gasteiger partial charge in [0.05, 0.1) is 6.10 Å². The van der Waals surface area contributed by atoms with Gasteiger partial charge in [0.2, 0.25) is 0 Å². The molecule has 0 spiro atoms. The number of hydrogen-bond acceptors (Lipinski definition) is 2. The Morgan fingerprint density at radius 3 is 2.53 bits per heavy atom. The number of Topliss-reactive ketones (excluding diaryl/α,β-unsaturated/α-hetero) is 1. The van der Waals surface area contributed by atoms with Crippen LogP contribution in [0.25, 0.3) is 0 Å². The molecule has 1 aliphatic rings. The van der Waals surface area contributed by atoms with Crippen molar-refractivity contribution in [2.75, 3.05) is 0 Å². The summed E-state index contributed by atoms with van der Waals surface area (Å²) in [6.07, 6.45) is 2.74. The van der Waals surface area contributed by atoms with Crippen molar-refractivity contribution < 1.29 is 9.90 Å². The summed E-state index contributed by atoms with van der Waals surface area (Å²) in [6, 6.07) is 7.44. The molecule has 0 fully saturated rings. The van der Waals surface area contributed by atoms with Gasteiger partial charge >= 0.3 is 0 Å². The van der Waals surface area contributed by atoms with E-state index in [1.807, 2.05) is 37.3 Å². The maximum absolute atomic E-state index is 11.9. The second-order valence-corrected chi connectivity index (χ2v) is 3.95. The second kappa shape index (κ2) is 3.99. The molecule has 0 aliphatic heterocycles. The van der Waals surface area contributed by atoms with Crippen LogP contribution in [0.5, 0.6) is 0 Å². The number of aliphatic hydroxyl groups is 1. The van der Waals surface area contributed by atoms with Crippen molar-refractivity contribution in [2.45, 2.75) is 25.9 Å². The third-order valence-electron chi connectivity index (χ3n) is 2.74. The lowest BCUT2D eigenvalue weighted by Gasteiger charge is -2.07. The molecule has 1 aromatic rings. The van der Waals surface area contributed by atoms with Crippen LogP contribution in [0.2, 0.25) is 0 Å². The van der Waals surface area contributed by atoms with Crippen molar-refractivity contribution in [3.05, 3.63) is 47.0 Å². The summed E-state index contributed by atoms with van der Waals surface area (Å²) in [5, 5.41) is 9.59. The molecule has 0 amide bonds. The molecule has 0 heterocycles. The number of carbonyl (C=O) groups is 1. The molecule has 1 N–H and O–H groups in total. The Morgan fingerprint density at radius 1 is 1.33 bits per heavy atom. The summed E-state index contributed by atoms with van der Waals surface area (Å²) in [6.45, 7) is 1.98. The first-order valence-electron chi connectivity index (χ1n) is 5.18. The summed E-state index contributed by atoms with van der Waals surface area (Å²) in [5.74, 6) is -0.0417. The first-order chi connectivity index (χ1) is 7.18. The lowest BCUT2D eigenvalue weighted by atomic mass is 10.0. The van der Waals surface area contributed by atoms with Crippen LogP contribution < -0.4 is 0 Å². The minimum Gasteiger partial charge on any atom is -0.388 e. The van der Waals surface area contributed by atoms with Crippen LogP contribution in [0.4, 0.5) is 0 Å². The monoisotopic (exact) mass is 202 g/mol. The van der Waals surface area contributed by atoms with Gasteiger partial charge in [-0.05, 0) is 19.8 Å². The molecular formula is C13H14O2. The summed E-state index contributed by atoms with van der Waals surface area (Å²) in [7, 11) is 0. The van der Waals surface area contributed by atoms with E-state index in [0.29, 0.717) is 17.6 Å². The minimum atomic E-state index is -0.571. The molecule has 0 bridgehead atoms. The predicted octanol–water partition coefficient (Wildman–Crippen LogP) is 2.26. The average Bonchev–Trinajstić information content (AvgIpc) is 2.65. The summed E-state index contributed by atoms with van der Waals surface area (Å²) in [4.78, 5) is 11.9. The van der Waals surface area contributed by atoms with Crippen molar-refractivity contribution in [1.29, 1.82) is 0 Å². The summed E-state index contributed by atoms with van der Waals surface area (Å²) in [5.41, 5.74) is 2.35. The number of hydrogen-bond donors (Lipinski definition) is 1. The fourth-order valence-corrected chi connectivity index (χ4v) is 1.80. The van der Waals surface area contributed by atoms with Crippen LogP contribution in [0.3, 0.4) is 0 Å². The Morgan fingerprint density at radius 2 is 2.00 bits per heavy atom. The number of ketones is 1. The normalized spacial score (nSPS) is 20.1. The zero-order valence-corrected chi connectivity index (χ0v) is 8.73. The molecule has 1 aliphatic carbocycles. The Labute approximate surface area is 89.2 Å². The third kappa shape index (κ3) is 2.00. The molecule has 2 nitrogen and oxygen atoms in total. The van der Waals surface area contributed by atoms with Crippen LogP contribution in [0, 0.1) is 6.92 Å². The fraction of sp³-hybridized carbons (Fsp3) is 0.308. The number of aliphatic hydroxyl groups excluding tert-OH is 1. The van der Waals surface area contributed by atoms with E-state index in [2.05, 4.69) is 0 Å². The van der Waals surface area contributed by atoms with E-state index < -0.39 is 6.10 Å². The van der Waals surface area contributed by atoms with Gasteiger partial charge in [-0.2, -0.15) is 0 Å². The molecular weight excluding hydrogens is 188 g/mol. The Hall–Kier alpha value is -1.41. The number of carbonyl (C=O) groups excluding carboxylic acids is 1. The van der Waals surface area contributed by atoms with Gasteiger partial charge < -0.3 is 5.11 Å². The van der Waals surface area contributed by atoms with Gasteiger partial charge in [-0.1, -0.05) is 35.9 Å². The molecule has 2 heteroatoms. The minimum absolute atomic E-state index is 0.0417. The Bertz CT molecular complexity index is 401. The van der Waals surface area contributed by atoms with Crippen LogP contribution in [-0.4, -0.2) is 17.0 Å². The van der Waals surface area contributed by atoms with E-state index in [9.17, 15) is 9.90 Å². The lowest BCUT2D eigenvalue weighted by Crippen LogP contribution is -2.14. The van der Waals surface area contributed by atoms with Gasteiger partial charge in [0.25, 0.3) is 0 Å². The summed E-state index contributed by atoms with van der Waals surface area (Å²) >= 11 is 0. The van der Waals surface area contributed by atoms with E-state index in [-0.39, 0.29) is 5.78 Å². The first-order valence-corrected chi connectivity index (χ1v) is 5.18. The molecule has 78 valence electrons. The van der Waals surface area contributed by atoms with Crippen molar-refractivity contribution in [3.63, 3.8) is 0 Å². The molecule has 1 unspecified atom stereocenters. The van der Waals surface area contributed by atoms with Crippen molar-refractivity contribution in [2.24, 2.45) is 0 Å². The zero-order valence-electron chi connectivity index (χ0n) is 8.73. The molecule has 1 atom stereocenters. The van der Waals surface area contributed by atoms with Crippen LogP contribution >= 0.6 is 0 Å². The van der Waals surface area contributed by atoms with E-state index in [1.54, 1.807) is 0 Å². The maximum Gasteiger partial charge on any atom is 0.191 e. The smallest absolute Gasteiger partial charge is 0.191 e. The SMILES string of the molecule is Cc1ccc(C(=O)C2=CCCC2O)cc1. The van der Waals surface area contributed by atoms with Gasteiger partial charge in [-0.25, -0.2) is 0 Å². The molecule has 0 saturated heterocycles. The highest BCUT2D eigenvalue weighted by molar-refractivity contribution is 6.09. The highest BCUT2D eigenvalue weighted by Crippen LogP contribution is 2.22. The van der Waals surface area contributed by atoms with Gasteiger partial charge in [-0.3, -0.25) is 4.79 Å². The largest absolute Gasteiger partial charge is 0.388 e. The molecule has 0 saturated carbocycles. The lowest BCUT2D eigenvalue weighted by molar-refractivity contribution is 0.0992. The van der Waals surface area contributed by atoms with Crippen molar-refractivity contribution >= 4 is 5.78 Å². The standard InChI is InChI=1S/C13H14O2/c1-9-5-7-10(8-6-9)13(15)11-3-2-4-12(11)14/h3,5-8,12,14H,2,4H2,1H3. The van der Waals surface area contributed by atoms with Crippen LogP contribution in [0.15, 0.2) is 35.9 Å². The Balaban J connectivity index is 2.25. The summed E-state index contributed by atoms with van der Waals surface area (Å²) < 4.78 is 0. The zero-order chi connectivity index (χ0) is 10.8. The Kier molecular flexibility index (Phi) is 2.69. The molecule has 15 heavy (non-hydrogen) atoms. The highest BCUT2D eigenvalue weighted by Gasteiger charge is 2.23. The quantitative estimate of drug-likeness (QED) is 0.747. The average molecular weight is 202 g/mol.